The maximum Gasteiger partial charge on any atom is 0.190 e. The standard InChI is InChI=1S/C21H32O5.C2H7NO/c1-19-7-5-13(23)9-12(19)3-4-14-15-6-8-21(26,17(25)11-22)20(15,2)10-16(24)18(14)19;3-1-2-4/h12-15,18,22-23,26H,3-11H2,1-2H3;4H,1-3H2/t12-,13-,14+,15+,18-,19+,20+,21+;/m1./s1. The molecule has 0 spiro atoms. The zero-order valence-corrected chi connectivity index (χ0v) is 18.3. The van der Waals surface area contributed by atoms with Crippen LogP contribution in [-0.4, -0.2) is 63.5 Å². The van der Waals surface area contributed by atoms with Crippen molar-refractivity contribution >= 4 is 11.6 Å². The molecule has 172 valence electrons. The number of carbonyl (C=O) groups is 2. The summed E-state index contributed by atoms with van der Waals surface area (Å²) in [5.41, 5.74) is 2.37. The molecule has 4 rings (SSSR count). The van der Waals surface area contributed by atoms with Crippen LogP contribution in [0.3, 0.4) is 0 Å². The van der Waals surface area contributed by atoms with Crippen LogP contribution in [0.2, 0.25) is 0 Å². The lowest BCUT2D eigenvalue weighted by Gasteiger charge is -2.60. The van der Waals surface area contributed by atoms with Gasteiger partial charge in [0, 0.05) is 24.3 Å². The summed E-state index contributed by atoms with van der Waals surface area (Å²) in [6, 6.07) is 0. The molecule has 0 heterocycles. The van der Waals surface area contributed by atoms with Gasteiger partial charge in [-0.15, -0.1) is 0 Å². The van der Waals surface area contributed by atoms with Crippen molar-refractivity contribution in [1.82, 2.24) is 0 Å². The highest BCUT2D eigenvalue weighted by Crippen LogP contribution is 2.67. The number of hydrogen-bond donors (Lipinski definition) is 5. The van der Waals surface area contributed by atoms with Crippen LogP contribution in [0.5, 0.6) is 0 Å². The molecule has 0 bridgehead atoms. The summed E-state index contributed by atoms with van der Waals surface area (Å²) < 4.78 is 0. The molecule has 8 atom stereocenters. The van der Waals surface area contributed by atoms with E-state index in [1.807, 2.05) is 6.92 Å². The summed E-state index contributed by atoms with van der Waals surface area (Å²) in [5, 5.41) is 38.4. The van der Waals surface area contributed by atoms with E-state index in [9.17, 15) is 24.9 Å². The van der Waals surface area contributed by atoms with Crippen LogP contribution in [0.25, 0.3) is 0 Å². The van der Waals surface area contributed by atoms with Gasteiger partial charge in [-0.1, -0.05) is 13.8 Å². The van der Waals surface area contributed by atoms with Gasteiger partial charge in [-0.2, -0.15) is 0 Å². The Morgan fingerprint density at radius 1 is 1.13 bits per heavy atom. The largest absolute Gasteiger partial charge is 0.395 e. The highest BCUT2D eigenvalue weighted by atomic mass is 16.3. The number of rotatable bonds is 3. The van der Waals surface area contributed by atoms with Gasteiger partial charge in [0.1, 0.15) is 18.0 Å². The van der Waals surface area contributed by atoms with Crippen molar-refractivity contribution in [1.29, 1.82) is 0 Å². The number of carbonyl (C=O) groups excluding carboxylic acids is 2. The molecule has 0 aromatic heterocycles. The lowest BCUT2D eigenvalue weighted by atomic mass is 9.44. The highest BCUT2D eigenvalue weighted by molar-refractivity contribution is 5.92. The molecule has 4 fully saturated rings. The minimum absolute atomic E-state index is 0.0154. The van der Waals surface area contributed by atoms with Crippen molar-refractivity contribution in [2.24, 2.45) is 40.2 Å². The maximum atomic E-state index is 13.4. The molecule has 0 amide bonds. The third-order valence-electron chi connectivity index (χ3n) is 9.21. The van der Waals surface area contributed by atoms with Gasteiger partial charge in [0.2, 0.25) is 0 Å². The quantitative estimate of drug-likeness (QED) is 0.450. The number of Topliss-reactive ketones (excluding diaryl/α,β-unsaturated/α-hetero) is 2. The normalized spacial score (nSPS) is 47.4. The van der Waals surface area contributed by atoms with Crippen LogP contribution in [0, 0.1) is 34.5 Å². The second-order valence-corrected chi connectivity index (χ2v) is 10.5. The Hall–Kier alpha value is -0.860. The van der Waals surface area contributed by atoms with E-state index >= 15 is 0 Å². The molecule has 0 aromatic carbocycles. The Labute approximate surface area is 179 Å². The monoisotopic (exact) mass is 425 g/mol. The van der Waals surface area contributed by atoms with Gasteiger partial charge in [-0.05, 0) is 68.1 Å². The maximum absolute atomic E-state index is 13.4. The minimum atomic E-state index is -1.58. The van der Waals surface area contributed by atoms with E-state index in [1.54, 1.807) is 0 Å². The summed E-state index contributed by atoms with van der Waals surface area (Å²) in [4.78, 5) is 25.7. The predicted molar refractivity (Wildman–Crippen MR) is 111 cm³/mol. The van der Waals surface area contributed by atoms with E-state index < -0.39 is 23.4 Å². The fraction of sp³-hybridized carbons (Fsp3) is 0.913. The number of nitrogens with two attached hydrogens (primary N) is 1. The SMILES string of the molecule is C[C@]12CC[C@@H](O)C[C@H]1CC[C@@H]1[C@@H]2C(=O)C[C@@]2(C)[C@H]1CC[C@]2(O)C(=O)CO.NCCO. The molecule has 0 aliphatic heterocycles. The Bertz CT molecular complexity index is 668. The first-order valence-corrected chi connectivity index (χ1v) is 11.5. The smallest absolute Gasteiger partial charge is 0.190 e. The molecular weight excluding hydrogens is 386 g/mol. The van der Waals surface area contributed by atoms with Crippen molar-refractivity contribution in [3.8, 4) is 0 Å². The van der Waals surface area contributed by atoms with E-state index in [4.69, 9.17) is 10.8 Å². The van der Waals surface area contributed by atoms with Gasteiger partial charge in [0.05, 0.1) is 12.7 Å². The van der Waals surface area contributed by atoms with Crippen LogP contribution in [0.1, 0.15) is 65.2 Å². The van der Waals surface area contributed by atoms with E-state index in [0.717, 1.165) is 38.5 Å². The highest BCUT2D eigenvalue weighted by Gasteiger charge is 2.68. The molecule has 4 aliphatic rings. The van der Waals surface area contributed by atoms with Gasteiger partial charge in [0.25, 0.3) is 0 Å². The molecule has 0 unspecified atom stereocenters. The summed E-state index contributed by atoms with van der Waals surface area (Å²) >= 11 is 0. The van der Waals surface area contributed by atoms with Gasteiger partial charge in [0.15, 0.2) is 5.78 Å². The van der Waals surface area contributed by atoms with Gasteiger partial charge in [-0.25, -0.2) is 0 Å². The topological polar surface area (TPSA) is 141 Å². The summed E-state index contributed by atoms with van der Waals surface area (Å²) in [6.45, 7) is 3.94. The molecule has 7 heteroatoms. The molecule has 7 nitrogen and oxygen atoms in total. The molecule has 0 aromatic rings. The minimum Gasteiger partial charge on any atom is -0.395 e. The summed E-state index contributed by atoms with van der Waals surface area (Å²) in [5.74, 6) is 0.380. The fourth-order valence-electron chi connectivity index (χ4n) is 7.64. The Morgan fingerprint density at radius 3 is 2.40 bits per heavy atom. The zero-order valence-electron chi connectivity index (χ0n) is 18.3. The molecule has 30 heavy (non-hydrogen) atoms. The molecule has 4 aliphatic carbocycles. The van der Waals surface area contributed by atoms with Crippen molar-refractivity contribution < 1.29 is 30.0 Å². The first kappa shape index (κ1) is 23.8. The summed E-state index contributed by atoms with van der Waals surface area (Å²) in [7, 11) is 0. The van der Waals surface area contributed by atoms with E-state index in [2.05, 4.69) is 6.92 Å². The van der Waals surface area contributed by atoms with Crippen molar-refractivity contribution in [3.05, 3.63) is 0 Å². The second kappa shape index (κ2) is 8.58. The first-order chi connectivity index (χ1) is 14.1. The number of aliphatic hydroxyl groups is 4. The van der Waals surface area contributed by atoms with Crippen molar-refractivity contribution in [2.45, 2.75) is 76.9 Å². The number of aliphatic hydroxyl groups excluding tert-OH is 3. The van der Waals surface area contributed by atoms with Crippen LogP contribution in [0.15, 0.2) is 0 Å². The van der Waals surface area contributed by atoms with Crippen molar-refractivity contribution in [2.75, 3.05) is 19.8 Å². The third kappa shape index (κ3) is 3.47. The average Bonchev–Trinajstić information content (AvgIpc) is 2.99. The van der Waals surface area contributed by atoms with Gasteiger partial charge >= 0.3 is 0 Å². The average molecular weight is 426 g/mol. The van der Waals surface area contributed by atoms with Crippen molar-refractivity contribution in [3.63, 3.8) is 0 Å². The Kier molecular flexibility index (Phi) is 6.81. The van der Waals surface area contributed by atoms with E-state index in [0.29, 0.717) is 18.9 Å². The lowest BCUT2D eigenvalue weighted by Crippen LogP contribution is -2.62. The number of fused-ring (bicyclic) bond motifs is 5. The van der Waals surface area contributed by atoms with Gasteiger partial charge < -0.3 is 26.2 Å². The second-order valence-electron chi connectivity index (χ2n) is 10.5. The van der Waals surface area contributed by atoms with Crippen LogP contribution in [0.4, 0.5) is 0 Å². The molecule has 4 saturated carbocycles. The van der Waals surface area contributed by atoms with Crippen LogP contribution in [-0.2, 0) is 9.59 Å². The van der Waals surface area contributed by atoms with E-state index in [-0.39, 0.29) is 48.1 Å². The first-order valence-electron chi connectivity index (χ1n) is 11.5. The van der Waals surface area contributed by atoms with Crippen LogP contribution >= 0.6 is 0 Å². The van der Waals surface area contributed by atoms with E-state index in [1.165, 1.54) is 0 Å². The lowest BCUT2D eigenvalue weighted by molar-refractivity contribution is -0.180. The van der Waals surface area contributed by atoms with Crippen LogP contribution < -0.4 is 5.73 Å². The summed E-state index contributed by atoms with van der Waals surface area (Å²) in [6.07, 6.45) is 5.47. The molecule has 0 saturated heterocycles. The molecule has 0 radical (unpaired) electrons. The third-order valence-corrected chi connectivity index (χ3v) is 9.21. The zero-order chi connectivity index (χ0) is 22.3. The molecule has 6 N–H and O–H groups in total. The van der Waals surface area contributed by atoms with Gasteiger partial charge in [-0.3, -0.25) is 9.59 Å². The molecular formula is C23H39NO6. The number of hydrogen-bond acceptors (Lipinski definition) is 7. The Balaban J connectivity index is 0.000000589. The number of ketones is 2. The Morgan fingerprint density at radius 2 is 1.80 bits per heavy atom. The predicted octanol–water partition coefficient (Wildman–Crippen LogP) is 0.799. The fourth-order valence-corrected chi connectivity index (χ4v) is 7.64.